The zero-order valence-electron chi connectivity index (χ0n) is 12.9. The van der Waals surface area contributed by atoms with Crippen molar-refractivity contribution in [2.24, 2.45) is 0 Å². The molecular formula is C14H25N3O4. The van der Waals surface area contributed by atoms with Gasteiger partial charge in [-0.25, -0.2) is 0 Å². The third-order valence-corrected chi connectivity index (χ3v) is 3.40. The first-order valence-corrected chi connectivity index (χ1v) is 7.38. The molecule has 7 nitrogen and oxygen atoms in total. The van der Waals surface area contributed by atoms with Gasteiger partial charge in [0, 0.05) is 13.1 Å². The van der Waals surface area contributed by atoms with Gasteiger partial charge < -0.3 is 15.3 Å². The average molecular weight is 299 g/mol. The Morgan fingerprint density at radius 2 is 1.95 bits per heavy atom. The maximum absolute atomic E-state index is 12.1. The Bertz CT molecular complexity index is 396. The summed E-state index contributed by atoms with van der Waals surface area (Å²) in [5, 5.41) is 14.7. The normalized spacial score (nSPS) is 16.9. The van der Waals surface area contributed by atoms with Crippen LogP contribution in [0.15, 0.2) is 0 Å². The second-order valence-electron chi connectivity index (χ2n) is 5.60. The molecule has 3 N–H and O–H groups in total. The van der Waals surface area contributed by atoms with E-state index in [0.717, 1.165) is 12.8 Å². The summed E-state index contributed by atoms with van der Waals surface area (Å²) >= 11 is 0. The van der Waals surface area contributed by atoms with Crippen LogP contribution >= 0.6 is 0 Å². The number of carbonyl (C=O) groups is 3. The van der Waals surface area contributed by atoms with E-state index in [-0.39, 0.29) is 24.4 Å². The maximum atomic E-state index is 12.1. The molecule has 0 bridgehead atoms. The SMILES string of the molecule is CCCC(NC(C)C(=O)N(C)CC(=O)NC1CC1)C(=O)O. The van der Waals surface area contributed by atoms with Crippen molar-refractivity contribution in [1.29, 1.82) is 0 Å². The van der Waals surface area contributed by atoms with Crippen LogP contribution in [0.4, 0.5) is 0 Å². The van der Waals surface area contributed by atoms with E-state index < -0.39 is 18.1 Å². The molecule has 120 valence electrons. The van der Waals surface area contributed by atoms with Crippen LogP contribution in [0, 0.1) is 0 Å². The smallest absolute Gasteiger partial charge is 0.320 e. The van der Waals surface area contributed by atoms with Crippen LogP contribution in [0.2, 0.25) is 0 Å². The Hall–Kier alpha value is -1.63. The van der Waals surface area contributed by atoms with Gasteiger partial charge in [-0.3, -0.25) is 19.7 Å². The van der Waals surface area contributed by atoms with Gasteiger partial charge in [0.05, 0.1) is 12.6 Å². The van der Waals surface area contributed by atoms with Crippen molar-refractivity contribution in [3.8, 4) is 0 Å². The van der Waals surface area contributed by atoms with E-state index in [1.807, 2.05) is 6.92 Å². The van der Waals surface area contributed by atoms with Gasteiger partial charge in [0.1, 0.15) is 6.04 Å². The molecule has 2 amide bonds. The summed E-state index contributed by atoms with van der Waals surface area (Å²) < 4.78 is 0. The predicted octanol–water partition coefficient (Wildman–Crippen LogP) is -0.0452. The number of nitrogens with one attached hydrogen (secondary N) is 2. The maximum Gasteiger partial charge on any atom is 0.320 e. The molecule has 1 aliphatic rings. The summed E-state index contributed by atoms with van der Waals surface area (Å²) in [5.41, 5.74) is 0. The Kier molecular flexibility index (Phi) is 6.61. The fourth-order valence-electron chi connectivity index (χ4n) is 2.06. The van der Waals surface area contributed by atoms with Gasteiger partial charge in [-0.2, -0.15) is 0 Å². The fourth-order valence-corrected chi connectivity index (χ4v) is 2.06. The van der Waals surface area contributed by atoms with Crippen molar-refractivity contribution >= 4 is 17.8 Å². The third-order valence-electron chi connectivity index (χ3n) is 3.40. The molecule has 0 radical (unpaired) electrons. The van der Waals surface area contributed by atoms with Gasteiger partial charge in [0.2, 0.25) is 11.8 Å². The molecule has 1 fully saturated rings. The second-order valence-corrected chi connectivity index (χ2v) is 5.60. The molecule has 0 aromatic carbocycles. The molecule has 0 spiro atoms. The van der Waals surface area contributed by atoms with Crippen molar-refractivity contribution < 1.29 is 19.5 Å². The van der Waals surface area contributed by atoms with E-state index in [1.165, 1.54) is 4.90 Å². The summed E-state index contributed by atoms with van der Waals surface area (Å²) in [6, 6.07) is -1.13. The fraction of sp³-hybridized carbons (Fsp3) is 0.786. The number of carboxylic acids is 1. The average Bonchev–Trinajstić information content (AvgIpc) is 3.20. The Balaban J connectivity index is 2.43. The highest BCUT2D eigenvalue weighted by Crippen LogP contribution is 2.18. The number of nitrogens with zero attached hydrogens (tertiary/aromatic N) is 1. The first-order valence-electron chi connectivity index (χ1n) is 7.38. The number of likely N-dealkylation sites (N-methyl/N-ethyl adjacent to an activating group) is 1. The van der Waals surface area contributed by atoms with Crippen LogP contribution in [-0.4, -0.2) is 59.5 Å². The van der Waals surface area contributed by atoms with Crippen molar-refractivity contribution in [3.63, 3.8) is 0 Å². The van der Waals surface area contributed by atoms with E-state index >= 15 is 0 Å². The minimum absolute atomic E-state index is 0.00707. The predicted molar refractivity (Wildman–Crippen MR) is 77.7 cm³/mol. The van der Waals surface area contributed by atoms with E-state index in [9.17, 15) is 14.4 Å². The van der Waals surface area contributed by atoms with Crippen LogP contribution in [0.3, 0.4) is 0 Å². The molecule has 1 saturated carbocycles. The van der Waals surface area contributed by atoms with Crippen LogP contribution in [0.25, 0.3) is 0 Å². The molecule has 0 aliphatic heterocycles. The molecule has 0 aromatic rings. The molecule has 7 heteroatoms. The lowest BCUT2D eigenvalue weighted by molar-refractivity contribution is -0.141. The van der Waals surface area contributed by atoms with Crippen LogP contribution in [-0.2, 0) is 14.4 Å². The van der Waals surface area contributed by atoms with Gasteiger partial charge in [-0.05, 0) is 26.2 Å². The molecule has 0 heterocycles. The largest absolute Gasteiger partial charge is 0.480 e. The number of carboxylic acid groups (broad SMARTS) is 1. The van der Waals surface area contributed by atoms with Gasteiger partial charge in [0.25, 0.3) is 0 Å². The van der Waals surface area contributed by atoms with Crippen molar-refractivity contribution in [3.05, 3.63) is 0 Å². The minimum Gasteiger partial charge on any atom is -0.480 e. The molecule has 0 saturated heterocycles. The number of amides is 2. The Morgan fingerprint density at radius 3 is 2.43 bits per heavy atom. The van der Waals surface area contributed by atoms with Gasteiger partial charge in [-0.1, -0.05) is 13.3 Å². The number of hydrogen-bond donors (Lipinski definition) is 3. The van der Waals surface area contributed by atoms with Crippen molar-refractivity contribution in [2.75, 3.05) is 13.6 Å². The lowest BCUT2D eigenvalue weighted by atomic mass is 10.1. The van der Waals surface area contributed by atoms with E-state index in [1.54, 1.807) is 14.0 Å². The molecular weight excluding hydrogens is 274 g/mol. The monoisotopic (exact) mass is 299 g/mol. The molecule has 2 unspecified atom stereocenters. The van der Waals surface area contributed by atoms with E-state index in [2.05, 4.69) is 10.6 Å². The summed E-state index contributed by atoms with van der Waals surface area (Å²) in [5.74, 6) is -1.43. The lowest BCUT2D eigenvalue weighted by Gasteiger charge is -2.24. The van der Waals surface area contributed by atoms with E-state index in [4.69, 9.17) is 5.11 Å². The van der Waals surface area contributed by atoms with Crippen LogP contribution in [0.1, 0.15) is 39.5 Å². The number of rotatable bonds is 9. The second kappa shape index (κ2) is 7.97. The molecule has 2 atom stereocenters. The highest BCUT2D eigenvalue weighted by molar-refractivity contribution is 5.87. The van der Waals surface area contributed by atoms with Crippen molar-refractivity contribution in [2.45, 2.75) is 57.7 Å². The Labute approximate surface area is 125 Å². The minimum atomic E-state index is -0.967. The molecule has 1 aliphatic carbocycles. The Morgan fingerprint density at radius 1 is 1.33 bits per heavy atom. The molecule has 1 rings (SSSR count). The van der Waals surface area contributed by atoms with Gasteiger partial charge in [0.15, 0.2) is 0 Å². The summed E-state index contributed by atoms with van der Waals surface area (Å²) in [7, 11) is 1.54. The molecule has 21 heavy (non-hydrogen) atoms. The van der Waals surface area contributed by atoms with Gasteiger partial charge in [-0.15, -0.1) is 0 Å². The number of carbonyl (C=O) groups excluding carboxylic acids is 2. The topological polar surface area (TPSA) is 98.7 Å². The third kappa shape index (κ3) is 6.12. The highest BCUT2D eigenvalue weighted by atomic mass is 16.4. The zero-order valence-corrected chi connectivity index (χ0v) is 12.9. The summed E-state index contributed by atoms with van der Waals surface area (Å²) in [4.78, 5) is 36.2. The van der Waals surface area contributed by atoms with E-state index in [0.29, 0.717) is 12.8 Å². The van der Waals surface area contributed by atoms with Crippen molar-refractivity contribution in [1.82, 2.24) is 15.5 Å². The summed E-state index contributed by atoms with van der Waals surface area (Å²) in [6.45, 7) is 3.49. The standard InChI is InChI=1S/C14H25N3O4/c1-4-5-11(14(20)21)15-9(2)13(19)17(3)8-12(18)16-10-6-7-10/h9-11,15H,4-8H2,1-3H3,(H,16,18)(H,20,21). The van der Waals surface area contributed by atoms with Crippen LogP contribution < -0.4 is 10.6 Å². The number of hydrogen-bond acceptors (Lipinski definition) is 4. The first-order chi connectivity index (χ1) is 9.85. The first kappa shape index (κ1) is 17.4. The zero-order chi connectivity index (χ0) is 16.0. The highest BCUT2D eigenvalue weighted by Gasteiger charge is 2.27. The summed E-state index contributed by atoms with van der Waals surface area (Å²) in [6.07, 6.45) is 3.17. The van der Waals surface area contributed by atoms with Gasteiger partial charge >= 0.3 is 5.97 Å². The van der Waals surface area contributed by atoms with Crippen LogP contribution in [0.5, 0.6) is 0 Å². The molecule has 0 aromatic heterocycles. The quantitative estimate of drug-likeness (QED) is 0.554. The lowest BCUT2D eigenvalue weighted by Crippen LogP contribution is -2.51. The number of aliphatic carboxylic acids is 1.